The Balaban J connectivity index is 1.51. The molecule has 29 heavy (non-hydrogen) atoms. The van der Waals surface area contributed by atoms with Crippen LogP contribution in [0.5, 0.6) is 0 Å². The Hall–Kier alpha value is -3.49. The molecule has 1 aliphatic rings. The smallest absolute Gasteiger partial charge is 0.228 e. The van der Waals surface area contributed by atoms with Crippen molar-refractivity contribution >= 4 is 23.2 Å². The normalized spacial score (nSPS) is 15.7. The summed E-state index contributed by atoms with van der Waals surface area (Å²) in [5.74, 6) is 4.37. The highest BCUT2D eigenvalue weighted by atomic mass is 15.3. The van der Waals surface area contributed by atoms with Gasteiger partial charge >= 0.3 is 0 Å². The fourth-order valence-electron chi connectivity index (χ4n) is 3.85. The van der Waals surface area contributed by atoms with Crippen LogP contribution in [0.2, 0.25) is 0 Å². The molecule has 4 aromatic rings. The van der Waals surface area contributed by atoms with E-state index in [4.69, 9.17) is 0 Å². The predicted octanol–water partition coefficient (Wildman–Crippen LogP) is 3.22. The van der Waals surface area contributed by atoms with Gasteiger partial charge in [-0.05, 0) is 30.5 Å². The van der Waals surface area contributed by atoms with Crippen LogP contribution in [0.1, 0.15) is 32.0 Å². The molecule has 0 saturated carbocycles. The summed E-state index contributed by atoms with van der Waals surface area (Å²) in [4.78, 5) is 9.00. The van der Waals surface area contributed by atoms with Gasteiger partial charge in [0.05, 0.1) is 11.9 Å². The lowest BCUT2D eigenvalue weighted by Gasteiger charge is -2.25. The van der Waals surface area contributed by atoms with E-state index in [9.17, 15) is 0 Å². The highest BCUT2D eigenvalue weighted by Gasteiger charge is 2.26. The molecule has 1 unspecified atom stereocenters. The Morgan fingerprint density at radius 3 is 2.90 bits per heavy atom. The lowest BCUT2D eigenvalue weighted by Crippen LogP contribution is -2.24. The number of nitrogens with one attached hydrogen (secondary N) is 2. The molecule has 5 heterocycles. The first kappa shape index (κ1) is 17.6. The number of anilines is 3. The maximum absolute atomic E-state index is 4.67. The van der Waals surface area contributed by atoms with Gasteiger partial charge in [-0.1, -0.05) is 13.8 Å². The van der Waals surface area contributed by atoms with Crippen LogP contribution in [0, 0.1) is 5.92 Å². The lowest BCUT2D eigenvalue weighted by molar-refractivity contribution is 0.485. The first-order chi connectivity index (χ1) is 14.1. The van der Waals surface area contributed by atoms with E-state index in [2.05, 4.69) is 60.2 Å². The number of aromatic nitrogens is 7. The highest BCUT2D eigenvalue weighted by Crippen LogP contribution is 2.32. The summed E-state index contributed by atoms with van der Waals surface area (Å²) in [7, 11) is 1.87. The van der Waals surface area contributed by atoms with Crippen LogP contribution in [0.25, 0.3) is 16.9 Å². The predicted molar refractivity (Wildman–Crippen MR) is 111 cm³/mol. The average molecular weight is 389 g/mol. The molecule has 0 aliphatic carbocycles. The summed E-state index contributed by atoms with van der Waals surface area (Å²) in [6.07, 6.45) is 4.56. The van der Waals surface area contributed by atoms with Crippen molar-refractivity contribution in [2.24, 2.45) is 13.0 Å². The fourth-order valence-corrected chi connectivity index (χ4v) is 3.85. The van der Waals surface area contributed by atoms with Crippen molar-refractivity contribution < 1.29 is 0 Å². The van der Waals surface area contributed by atoms with Crippen molar-refractivity contribution in [3.8, 4) is 11.3 Å². The highest BCUT2D eigenvalue weighted by molar-refractivity contribution is 5.71. The van der Waals surface area contributed by atoms with E-state index < -0.39 is 0 Å². The second kappa shape index (κ2) is 6.84. The zero-order valence-corrected chi connectivity index (χ0v) is 16.7. The molecule has 0 spiro atoms. The molecule has 4 aromatic heterocycles. The molecule has 9 nitrogen and oxygen atoms in total. The Morgan fingerprint density at radius 1 is 1.21 bits per heavy atom. The van der Waals surface area contributed by atoms with E-state index >= 15 is 0 Å². The number of aryl methyl sites for hydroxylation is 1. The maximum atomic E-state index is 4.67. The topological polar surface area (TPSA) is 97.8 Å². The Bertz CT molecular complexity index is 1170. The standard InChI is InChI=1S/C20H23N9/c1-12(2)8-14-11-22-17-9-13(10-18-26-27-19(14)29(17)18)15-4-6-21-20(24-15)25-16-5-7-23-28(16)3/h4-7,9-10,12,14,22H,8,11H2,1-3H3,(H,21,24,25). The molecule has 0 radical (unpaired) electrons. The van der Waals surface area contributed by atoms with Crippen LogP contribution in [-0.4, -0.2) is 40.9 Å². The molecule has 0 amide bonds. The monoisotopic (exact) mass is 389 g/mol. The zero-order valence-electron chi connectivity index (χ0n) is 16.7. The van der Waals surface area contributed by atoms with Crippen LogP contribution < -0.4 is 10.6 Å². The summed E-state index contributed by atoms with van der Waals surface area (Å²) in [5.41, 5.74) is 2.61. The molecule has 0 saturated heterocycles. The van der Waals surface area contributed by atoms with Gasteiger partial charge in [0.25, 0.3) is 0 Å². The van der Waals surface area contributed by atoms with Gasteiger partial charge in [0.2, 0.25) is 5.95 Å². The molecule has 148 valence electrons. The number of rotatable bonds is 5. The minimum atomic E-state index is 0.372. The average Bonchev–Trinajstić information content (AvgIpc) is 3.31. The van der Waals surface area contributed by atoms with E-state index in [1.54, 1.807) is 17.1 Å². The van der Waals surface area contributed by atoms with E-state index in [-0.39, 0.29) is 0 Å². The SMILES string of the molecule is CC(C)CC1CNc2cc(-c3ccnc(Nc4ccnn4C)n3)cc3nnc1n23. The van der Waals surface area contributed by atoms with E-state index in [1.807, 2.05) is 25.2 Å². The van der Waals surface area contributed by atoms with Gasteiger partial charge in [-0.25, -0.2) is 9.97 Å². The van der Waals surface area contributed by atoms with Crippen molar-refractivity contribution in [3.63, 3.8) is 0 Å². The van der Waals surface area contributed by atoms with Crippen molar-refractivity contribution in [1.82, 2.24) is 34.3 Å². The van der Waals surface area contributed by atoms with Crippen molar-refractivity contribution in [1.29, 1.82) is 0 Å². The minimum Gasteiger partial charge on any atom is -0.370 e. The molecule has 0 fully saturated rings. The maximum Gasteiger partial charge on any atom is 0.228 e. The fraction of sp³-hybridized carbons (Fsp3) is 0.350. The molecule has 1 atom stereocenters. The molecule has 1 aliphatic heterocycles. The summed E-state index contributed by atoms with van der Waals surface area (Å²) in [6.45, 7) is 5.35. The van der Waals surface area contributed by atoms with Crippen LogP contribution in [-0.2, 0) is 7.05 Å². The van der Waals surface area contributed by atoms with E-state index in [0.717, 1.165) is 47.3 Å². The first-order valence-electron chi connectivity index (χ1n) is 9.80. The van der Waals surface area contributed by atoms with Crippen LogP contribution >= 0.6 is 0 Å². The van der Waals surface area contributed by atoms with Crippen LogP contribution in [0.3, 0.4) is 0 Å². The van der Waals surface area contributed by atoms with Gasteiger partial charge in [-0.2, -0.15) is 5.10 Å². The largest absolute Gasteiger partial charge is 0.370 e. The van der Waals surface area contributed by atoms with Crippen LogP contribution in [0.4, 0.5) is 17.6 Å². The Labute approximate surface area is 168 Å². The molecule has 0 aromatic carbocycles. The number of hydrogen-bond acceptors (Lipinski definition) is 7. The molecular formula is C20H23N9. The number of pyridine rings is 1. The number of hydrogen-bond donors (Lipinski definition) is 2. The minimum absolute atomic E-state index is 0.372. The van der Waals surface area contributed by atoms with E-state index in [1.165, 1.54) is 0 Å². The first-order valence-corrected chi connectivity index (χ1v) is 9.80. The summed E-state index contributed by atoms with van der Waals surface area (Å²) < 4.78 is 3.86. The van der Waals surface area contributed by atoms with Gasteiger partial charge in [0, 0.05) is 37.3 Å². The van der Waals surface area contributed by atoms with Gasteiger partial charge in [0.15, 0.2) is 5.65 Å². The van der Waals surface area contributed by atoms with E-state index in [0.29, 0.717) is 17.8 Å². The molecule has 9 heteroatoms. The Morgan fingerprint density at radius 2 is 2.10 bits per heavy atom. The van der Waals surface area contributed by atoms with Gasteiger partial charge in [0.1, 0.15) is 17.5 Å². The number of nitrogens with zero attached hydrogens (tertiary/aromatic N) is 7. The molecule has 2 N–H and O–H groups in total. The molecule has 0 bridgehead atoms. The summed E-state index contributed by atoms with van der Waals surface area (Å²) in [5, 5.41) is 19.8. The lowest BCUT2D eigenvalue weighted by atomic mass is 9.95. The summed E-state index contributed by atoms with van der Waals surface area (Å²) in [6, 6.07) is 7.90. The van der Waals surface area contributed by atoms with Crippen molar-refractivity contribution in [2.45, 2.75) is 26.2 Å². The Kier molecular flexibility index (Phi) is 4.15. The quantitative estimate of drug-likeness (QED) is 0.541. The van der Waals surface area contributed by atoms with Crippen molar-refractivity contribution in [2.75, 3.05) is 17.2 Å². The molecular weight excluding hydrogens is 366 g/mol. The third-order valence-corrected chi connectivity index (χ3v) is 5.19. The zero-order chi connectivity index (χ0) is 20.0. The van der Waals surface area contributed by atoms with Gasteiger partial charge in [-0.3, -0.25) is 9.08 Å². The van der Waals surface area contributed by atoms with Crippen LogP contribution in [0.15, 0.2) is 36.7 Å². The van der Waals surface area contributed by atoms with Gasteiger partial charge in [-0.15, -0.1) is 10.2 Å². The third kappa shape index (κ3) is 3.18. The molecule has 5 rings (SSSR count). The van der Waals surface area contributed by atoms with Gasteiger partial charge < -0.3 is 10.6 Å². The second-order valence-corrected chi connectivity index (χ2v) is 7.82. The van der Waals surface area contributed by atoms with Crippen molar-refractivity contribution in [3.05, 3.63) is 42.5 Å². The third-order valence-electron chi connectivity index (χ3n) is 5.19. The second-order valence-electron chi connectivity index (χ2n) is 7.82. The summed E-state index contributed by atoms with van der Waals surface area (Å²) >= 11 is 0.